The lowest BCUT2D eigenvalue weighted by atomic mass is 9.87. The van der Waals surface area contributed by atoms with Crippen LogP contribution in [0.4, 0.5) is 0 Å². The highest BCUT2D eigenvalue weighted by Gasteiger charge is 2.55. The predicted octanol–water partition coefficient (Wildman–Crippen LogP) is 3.10. The van der Waals surface area contributed by atoms with Crippen molar-refractivity contribution in [2.75, 3.05) is 13.2 Å². The number of pyridine rings is 1. The van der Waals surface area contributed by atoms with Gasteiger partial charge in [0, 0.05) is 42.9 Å². The van der Waals surface area contributed by atoms with E-state index < -0.39 is 23.8 Å². The zero-order valence-electron chi connectivity index (χ0n) is 18.2. The Labute approximate surface area is 187 Å². The molecule has 6 heteroatoms. The van der Waals surface area contributed by atoms with Gasteiger partial charge in [-0.05, 0) is 55.4 Å². The SMILES string of the molecule is O=C(O)[C@@H]1[C@@H](CO)[C@@H]2Cn3c(ccc(C4=CCCCC4)c3=O)[C@H]1N2CCc1ccccc1. The first kappa shape index (κ1) is 21.2. The first-order valence-corrected chi connectivity index (χ1v) is 11.7. The van der Waals surface area contributed by atoms with Crippen LogP contribution in [0.5, 0.6) is 0 Å². The first-order valence-electron chi connectivity index (χ1n) is 11.7. The zero-order chi connectivity index (χ0) is 22.2. The number of fused-ring (bicyclic) bond motifs is 4. The van der Waals surface area contributed by atoms with Crippen LogP contribution in [0, 0.1) is 11.8 Å². The molecular weight excluding hydrogens is 404 g/mol. The first-order chi connectivity index (χ1) is 15.6. The second-order valence-corrected chi connectivity index (χ2v) is 9.26. The Bertz CT molecular complexity index is 1090. The van der Waals surface area contributed by atoms with Gasteiger partial charge in [-0.25, -0.2) is 0 Å². The summed E-state index contributed by atoms with van der Waals surface area (Å²) >= 11 is 0. The van der Waals surface area contributed by atoms with Gasteiger partial charge in [0.2, 0.25) is 0 Å². The number of allylic oxidation sites excluding steroid dienone is 2. The third-order valence-corrected chi connectivity index (χ3v) is 7.59. The second kappa shape index (κ2) is 8.68. The summed E-state index contributed by atoms with van der Waals surface area (Å²) in [6.45, 7) is 0.928. The van der Waals surface area contributed by atoms with Crippen LogP contribution in [-0.2, 0) is 17.8 Å². The van der Waals surface area contributed by atoms with E-state index >= 15 is 0 Å². The summed E-state index contributed by atoms with van der Waals surface area (Å²) in [5, 5.41) is 20.2. The fourth-order valence-corrected chi connectivity index (χ4v) is 6.04. The number of aliphatic carboxylic acids is 1. The van der Waals surface area contributed by atoms with E-state index in [1.807, 2.05) is 30.3 Å². The molecule has 32 heavy (non-hydrogen) atoms. The lowest BCUT2D eigenvalue weighted by Crippen LogP contribution is -2.47. The standard InChI is InChI=1S/C26H30N2O4/c29-16-20-22-15-28-21(12-11-19(25(28)30)18-9-5-2-6-10-18)24(23(20)26(31)32)27(22)14-13-17-7-3-1-4-8-17/h1,3-4,7-9,11-12,20,22-24,29H,2,5-6,10,13-16H2,(H,31,32)/t20-,22-,23+,24+/m0/s1. The quantitative estimate of drug-likeness (QED) is 0.730. The van der Waals surface area contributed by atoms with Crippen molar-refractivity contribution in [2.24, 2.45) is 11.8 Å². The molecule has 6 nitrogen and oxygen atoms in total. The Kier molecular flexibility index (Phi) is 5.74. The number of aliphatic hydroxyl groups is 1. The Morgan fingerprint density at radius 1 is 1.09 bits per heavy atom. The van der Waals surface area contributed by atoms with E-state index in [2.05, 4.69) is 23.1 Å². The molecule has 4 atom stereocenters. The van der Waals surface area contributed by atoms with E-state index in [1.165, 1.54) is 5.56 Å². The maximum absolute atomic E-state index is 13.5. The number of rotatable bonds is 6. The maximum atomic E-state index is 13.5. The lowest BCUT2D eigenvalue weighted by Gasteiger charge is -2.38. The molecule has 1 fully saturated rings. The fraction of sp³-hybridized carbons (Fsp3) is 0.462. The molecule has 1 saturated heterocycles. The molecule has 1 aromatic carbocycles. The zero-order valence-corrected chi connectivity index (χ0v) is 18.2. The van der Waals surface area contributed by atoms with Crippen LogP contribution >= 0.6 is 0 Å². The van der Waals surface area contributed by atoms with Crippen molar-refractivity contribution >= 4 is 11.5 Å². The minimum Gasteiger partial charge on any atom is -0.481 e. The third-order valence-electron chi connectivity index (χ3n) is 7.59. The van der Waals surface area contributed by atoms with Gasteiger partial charge in [0.05, 0.1) is 12.0 Å². The largest absolute Gasteiger partial charge is 0.481 e. The minimum atomic E-state index is -0.902. The predicted molar refractivity (Wildman–Crippen MR) is 122 cm³/mol. The van der Waals surface area contributed by atoms with E-state index in [-0.39, 0.29) is 18.2 Å². The van der Waals surface area contributed by atoms with Crippen LogP contribution in [0.15, 0.2) is 53.3 Å². The van der Waals surface area contributed by atoms with Gasteiger partial charge in [-0.3, -0.25) is 14.5 Å². The van der Waals surface area contributed by atoms with Gasteiger partial charge in [-0.2, -0.15) is 0 Å². The van der Waals surface area contributed by atoms with Crippen LogP contribution in [-0.4, -0.2) is 44.8 Å². The molecule has 2 aromatic rings. The highest BCUT2D eigenvalue weighted by Crippen LogP contribution is 2.48. The van der Waals surface area contributed by atoms with Gasteiger partial charge in [0.1, 0.15) is 0 Å². The molecule has 2 aliphatic heterocycles. The number of nitrogens with zero attached hydrogens (tertiary/aromatic N) is 2. The van der Waals surface area contributed by atoms with Crippen molar-refractivity contribution in [3.63, 3.8) is 0 Å². The molecule has 3 aliphatic rings. The molecule has 0 radical (unpaired) electrons. The van der Waals surface area contributed by atoms with Gasteiger partial charge in [-0.15, -0.1) is 0 Å². The molecule has 1 aromatic heterocycles. The number of hydrogen-bond acceptors (Lipinski definition) is 4. The Balaban J connectivity index is 1.54. The van der Waals surface area contributed by atoms with Crippen LogP contribution < -0.4 is 5.56 Å². The Morgan fingerprint density at radius 2 is 1.91 bits per heavy atom. The summed E-state index contributed by atoms with van der Waals surface area (Å²) in [5.74, 6) is -2.03. The van der Waals surface area contributed by atoms with Gasteiger partial charge in [-0.1, -0.05) is 36.4 Å². The number of carbonyl (C=O) groups is 1. The van der Waals surface area contributed by atoms with Gasteiger partial charge < -0.3 is 14.8 Å². The number of hydrogen-bond donors (Lipinski definition) is 2. The normalized spacial score (nSPS) is 27.1. The molecule has 2 N–H and O–H groups in total. The molecule has 1 aliphatic carbocycles. The molecule has 0 amide bonds. The average Bonchev–Trinajstić information content (AvgIpc) is 3.04. The van der Waals surface area contributed by atoms with E-state index in [0.29, 0.717) is 13.1 Å². The van der Waals surface area contributed by atoms with E-state index in [9.17, 15) is 19.8 Å². The maximum Gasteiger partial charge on any atom is 0.308 e. The molecule has 168 valence electrons. The van der Waals surface area contributed by atoms with E-state index in [1.54, 1.807) is 4.57 Å². The molecule has 5 rings (SSSR count). The number of aliphatic hydroxyl groups excluding tert-OH is 1. The van der Waals surface area contributed by atoms with Crippen molar-refractivity contribution in [1.82, 2.24) is 9.47 Å². The molecule has 2 bridgehead atoms. The summed E-state index contributed by atoms with van der Waals surface area (Å²) < 4.78 is 1.80. The van der Waals surface area contributed by atoms with Gasteiger partial charge in [0.25, 0.3) is 5.56 Å². The van der Waals surface area contributed by atoms with Crippen molar-refractivity contribution in [3.8, 4) is 0 Å². The monoisotopic (exact) mass is 434 g/mol. The van der Waals surface area contributed by atoms with Crippen LogP contribution in [0.2, 0.25) is 0 Å². The van der Waals surface area contributed by atoms with Gasteiger partial charge >= 0.3 is 5.97 Å². The molecule has 0 saturated carbocycles. The van der Waals surface area contributed by atoms with Crippen molar-refractivity contribution < 1.29 is 15.0 Å². The van der Waals surface area contributed by atoms with Crippen LogP contribution in [0.1, 0.15) is 48.5 Å². The van der Waals surface area contributed by atoms with Crippen LogP contribution in [0.3, 0.4) is 0 Å². The average molecular weight is 435 g/mol. The second-order valence-electron chi connectivity index (χ2n) is 9.26. The number of aromatic nitrogens is 1. The number of carboxylic acid groups (broad SMARTS) is 1. The van der Waals surface area contributed by atoms with Crippen molar-refractivity contribution in [1.29, 1.82) is 0 Å². The fourth-order valence-electron chi connectivity index (χ4n) is 6.04. The summed E-state index contributed by atoms with van der Waals surface area (Å²) in [5.41, 5.74) is 3.81. The van der Waals surface area contributed by atoms with E-state index in [4.69, 9.17) is 0 Å². The molecular formula is C26H30N2O4. The van der Waals surface area contributed by atoms with Crippen molar-refractivity contribution in [3.05, 3.63) is 75.7 Å². The van der Waals surface area contributed by atoms with Crippen LogP contribution in [0.25, 0.3) is 5.57 Å². The highest BCUT2D eigenvalue weighted by molar-refractivity contribution is 5.73. The summed E-state index contributed by atoms with van der Waals surface area (Å²) in [6, 6.07) is 13.4. The smallest absolute Gasteiger partial charge is 0.308 e. The lowest BCUT2D eigenvalue weighted by molar-refractivity contribution is -0.144. The minimum absolute atomic E-state index is 0.0175. The number of carboxylic acids is 1. The molecule has 0 spiro atoms. The Hall–Kier alpha value is -2.70. The van der Waals surface area contributed by atoms with Crippen molar-refractivity contribution in [2.45, 2.75) is 50.7 Å². The topological polar surface area (TPSA) is 82.8 Å². The summed E-state index contributed by atoms with van der Waals surface area (Å²) in [6.07, 6.45) is 7.15. The molecule has 3 heterocycles. The highest BCUT2D eigenvalue weighted by atomic mass is 16.4. The summed E-state index contributed by atoms with van der Waals surface area (Å²) in [4.78, 5) is 28.0. The Morgan fingerprint density at radius 3 is 2.59 bits per heavy atom. The van der Waals surface area contributed by atoms with E-state index in [0.717, 1.165) is 48.9 Å². The third kappa shape index (κ3) is 3.51. The molecule has 0 unspecified atom stereocenters. The summed E-state index contributed by atoms with van der Waals surface area (Å²) in [7, 11) is 0. The van der Waals surface area contributed by atoms with Gasteiger partial charge in [0.15, 0.2) is 0 Å². The number of benzene rings is 1.